The number of aliphatic hydroxyl groups is 1. The lowest BCUT2D eigenvalue weighted by Gasteiger charge is -2.52. The Morgan fingerprint density at radius 2 is 2.00 bits per heavy atom. The Balaban J connectivity index is 1.73. The average molecular weight is 385 g/mol. The Hall–Kier alpha value is -2.11. The summed E-state index contributed by atoms with van der Waals surface area (Å²) in [5, 5.41) is 21.4. The quantitative estimate of drug-likeness (QED) is 0.819. The van der Waals surface area contributed by atoms with Gasteiger partial charge in [-0.1, -0.05) is 37.1 Å². The van der Waals surface area contributed by atoms with Crippen molar-refractivity contribution in [1.82, 2.24) is 4.90 Å². The predicted molar refractivity (Wildman–Crippen MR) is 106 cm³/mol. The maximum absolute atomic E-state index is 14.3. The molecular formula is C23H28FNO3. The third-order valence-electron chi connectivity index (χ3n) is 6.55. The number of fused-ring (bicyclic) bond motifs is 1. The molecule has 1 aliphatic carbocycles. The van der Waals surface area contributed by atoms with Crippen LogP contribution >= 0.6 is 0 Å². The highest BCUT2D eigenvalue weighted by atomic mass is 19.1. The second-order valence-corrected chi connectivity index (χ2v) is 8.14. The van der Waals surface area contributed by atoms with Crippen LogP contribution < -0.4 is 4.74 Å². The zero-order valence-corrected chi connectivity index (χ0v) is 16.3. The predicted octanol–water partition coefficient (Wildman–Crippen LogP) is 4.41. The van der Waals surface area contributed by atoms with Gasteiger partial charge in [0, 0.05) is 30.6 Å². The highest BCUT2D eigenvalue weighted by Crippen LogP contribution is 2.50. The van der Waals surface area contributed by atoms with Gasteiger partial charge in [0.15, 0.2) is 11.5 Å². The molecule has 3 atom stereocenters. The summed E-state index contributed by atoms with van der Waals surface area (Å²) in [4.78, 5) is 2.27. The Labute approximate surface area is 165 Å². The molecule has 2 aliphatic rings. The van der Waals surface area contributed by atoms with Crippen molar-refractivity contribution in [2.45, 2.75) is 50.3 Å². The van der Waals surface area contributed by atoms with Crippen LogP contribution in [-0.2, 0) is 6.54 Å². The second kappa shape index (κ2) is 7.72. The normalized spacial score (nSPS) is 28.0. The number of aromatic hydroxyl groups is 1. The third kappa shape index (κ3) is 3.49. The van der Waals surface area contributed by atoms with Crippen molar-refractivity contribution in [3.8, 4) is 11.5 Å². The minimum Gasteiger partial charge on any atom is -0.504 e. The SMILES string of the molecule is COc1cc([C@@H]2[C@H]3CCCC[C@@]3(O)CCN2Cc2ccccc2F)ccc1O. The van der Waals surface area contributed by atoms with Crippen LogP contribution in [0.2, 0.25) is 0 Å². The fourth-order valence-corrected chi connectivity index (χ4v) is 5.09. The van der Waals surface area contributed by atoms with E-state index in [0.29, 0.717) is 30.8 Å². The molecule has 150 valence electrons. The molecule has 1 saturated carbocycles. The van der Waals surface area contributed by atoms with Gasteiger partial charge in [0.05, 0.1) is 12.7 Å². The Morgan fingerprint density at radius 3 is 2.79 bits per heavy atom. The van der Waals surface area contributed by atoms with E-state index in [0.717, 1.165) is 31.2 Å². The summed E-state index contributed by atoms with van der Waals surface area (Å²) in [6.07, 6.45) is 4.60. The van der Waals surface area contributed by atoms with Crippen molar-refractivity contribution in [3.05, 3.63) is 59.4 Å². The maximum Gasteiger partial charge on any atom is 0.160 e. The summed E-state index contributed by atoms with van der Waals surface area (Å²) in [5.41, 5.74) is 0.982. The molecular weight excluding hydrogens is 357 g/mol. The number of halogens is 1. The number of ether oxygens (including phenoxy) is 1. The molecule has 0 bridgehead atoms. The van der Waals surface area contributed by atoms with Crippen LogP contribution in [0.3, 0.4) is 0 Å². The first kappa shape index (κ1) is 19.2. The van der Waals surface area contributed by atoms with E-state index in [2.05, 4.69) is 4.90 Å². The summed E-state index contributed by atoms with van der Waals surface area (Å²) in [6.45, 7) is 1.20. The molecule has 0 radical (unpaired) electrons. The van der Waals surface area contributed by atoms with Gasteiger partial charge in [-0.3, -0.25) is 4.90 Å². The van der Waals surface area contributed by atoms with Crippen molar-refractivity contribution in [2.75, 3.05) is 13.7 Å². The number of piperidine rings is 1. The molecule has 2 fully saturated rings. The van der Waals surface area contributed by atoms with Gasteiger partial charge in [0.2, 0.25) is 0 Å². The minimum absolute atomic E-state index is 0.0480. The summed E-state index contributed by atoms with van der Waals surface area (Å²) < 4.78 is 19.6. The van der Waals surface area contributed by atoms with E-state index in [1.54, 1.807) is 12.1 Å². The van der Waals surface area contributed by atoms with Crippen molar-refractivity contribution in [3.63, 3.8) is 0 Å². The molecule has 2 N–H and O–H groups in total. The van der Waals surface area contributed by atoms with Crippen LogP contribution in [0.1, 0.15) is 49.3 Å². The Kier molecular flexibility index (Phi) is 5.30. The molecule has 0 spiro atoms. The number of nitrogens with zero attached hydrogens (tertiary/aromatic N) is 1. The van der Waals surface area contributed by atoms with Crippen LogP contribution in [0.5, 0.6) is 11.5 Å². The van der Waals surface area contributed by atoms with E-state index in [-0.39, 0.29) is 23.5 Å². The third-order valence-corrected chi connectivity index (χ3v) is 6.55. The number of hydrogen-bond acceptors (Lipinski definition) is 4. The van der Waals surface area contributed by atoms with Crippen LogP contribution in [0.4, 0.5) is 4.39 Å². The standard InChI is InChI=1S/C23H28FNO3/c1-28-21-14-16(9-10-20(21)26)22-18-7-4-5-11-23(18,27)12-13-25(22)15-17-6-2-3-8-19(17)24/h2-3,6,8-10,14,18,22,26-27H,4-5,7,11-13,15H2,1H3/t18-,22-,23-/m1/s1. The summed E-state index contributed by atoms with van der Waals surface area (Å²) in [7, 11) is 1.54. The number of likely N-dealkylation sites (tertiary alicyclic amines) is 1. The van der Waals surface area contributed by atoms with Crippen LogP contribution in [0.15, 0.2) is 42.5 Å². The molecule has 0 amide bonds. The lowest BCUT2D eigenvalue weighted by molar-refractivity contribution is -0.126. The lowest BCUT2D eigenvalue weighted by atomic mass is 9.66. The summed E-state index contributed by atoms with van der Waals surface area (Å²) in [5.74, 6) is 0.403. The Morgan fingerprint density at radius 1 is 1.18 bits per heavy atom. The van der Waals surface area contributed by atoms with E-state index >= 15 is 0 Å². The molecule has 4 rings (SSSR count). The van der Waals surface area contributed by atoms with Crippen molar-refractivity contribution in [2.24, 2.45) is 5.92 Å². The van der Waals surface area contributed by atoms with E-state index in [9.17, 15) is 14.6 Å². The Bertz CT molecular complexity index is 842. The zero-order chi connectivity index (χ0) is 19.7. The van der Waals surface area contributed by atoms with E-state index < -0.39 is 5.60 Å². The van der Waals surface area contributed by atoms with Crippen LogP contribution in [0, 0.1) is 11.7 Å². The first-order chi connectivity index (χ1) is 13.5. The number of methoxy groups -OCH3 is 1. The fraction of sp³-hybridized carbons (Fsp3) is 0.478. The molecule has 0 unspecified atom stereocenters. The molecule has 0 aromatic heterocycles. The van der Waals surface area contributed by atoms with Crippen LogP contribution in [0.25, 0.3) is 0 Å². The van der Waals surface area contributed by atoms with Crippen molar-refractivity contribution < 1.29 is 19.3 Å². The van der Waals surface area contributed by atoms with Crippen LogP contribution in [-0.4, -0.2) is 34.4 Å². The second-order valence-electron chi connectivity index (χ2n) is 8.14. The molecule has 5 heteroatoms. The number of benzene rings is 2. The highest BCUT2D eigenvalue weighted by molar-refractivity contribution is 5.43. The van der Waals surface area contributed by atoms with Gasteiger partial charge in [0.25, 0.3) is 0 Å². The first-order valence-corrected chi connectivity index (χ1v) is 10.1. The smallest absolute Gasteiger partial charge is 0.160 e. The molecule has 1 aliphatic heterocycles. The molecule has 28 heavy (non-hydrogen) atoms. The van der Waals surface area contributed by atoms with Gasteiger partial charge in [-0.15, -0.1) is 0 Å². The molecule has 1 heterocycles. The van der Waals surface area contributed by atoms with Gasteiger partial charge in [-0.05, 0) is 43.0 Å². The lowest BCUT2D eigenvalue weighted by Crippen LogP contribution is -2.54. The van der Waals surface area contributed by atoms with Crippen molar-refractivity contribution in [1.29, 1.82) is 0 Å². The fourth-order valence-electron chi connectivity index (χ4n) is 5.09. The van der Waals surface area contributed by atoms with Gasteiger partial charge < -0.3 is 14.9 Å². The minimum atomic E-state index is -0.681. The van der Waals surface area contributed by atoms with Gasteiger partial charge in [-0.25, -0.2) is 4.39 Å². The summed E-state index contributed by atoms with van der Waals surface area (Å²) >= 11 is 0. The number of phenols is 1. The maximum atomic E-state index is 14.3. The zero-order valence-electron chi connectivity index (χ0n) is 16.3. The van der Waals surface area contributed by atoms with Crippen molar-refractivity contribution >= 4 is 0 Å². The summed E-state index contributed by atoms with van der Waals surface area (Å²) in [6, 6.07) is 12.2. The molecule has 1 saturated heterocycles. The van der Waals surface area contributed by atoms with Gasteiger partial charge in [0.1, 0.15) is 5.82 Å². The molecule has 2 aromatic rings. The average Bonchev–Trinajstić information content (AvgIpc) is 2.70. The monoisotopic (exact) mass is 385 g/mol. The topological polar surface area (TPSA) is 52.9 Å². The largest absolute Gasteiger partial charge is 0.504 e. The van der Waals surface area contributed by atoms with E-state index in [1.165, 1.54) is 13.2 Å². The number of hydrogen-bond donors (Lipinski definition) is 2. The molecule has 4 nitrogen and oxygen atoms in total. The van der Waals surface area contributed by atoms with Gasteiger partial charge >= 0.3 is 0 Å². The number of rotatable bonds is 4. The molecule has 2 aromatic carbocycles. The highest BCUT2D eigenvalue weighted by Gasteiger charge is 2.49. The van der Waals surface area contributed by atoms with E-state index in [1.807, 2.05) is 24.3 Å². The van der Waals surface area contributed by atoms with E-state index in [4.69, 9.17) is 4.74 Å². The number of phenolic OH excluding ortho intramolecular Hbond substituents is 1. The van der Waals surface area contributed by atoms with Gasteiger partial charge in [-0.2, -0.15) is 0 Å². The first-order valence-electron chi connectivity index (χ1n) is 10.1.